The van der Waals surface area contributed by atoms with E-state index in [-0.39, 0.29) is 12.2 Å². The topological polar surface area (TPSA) is 40.9 Å². The first-order valence-electron chi connectivity index (χ1n) is 3.70. The molecule has 0 aliphatic rings. The molecule has 0 saturated carbocycles. The second-order valence-corrected chi connectivity index (χ2v) is 3.44. The summed E-state index contributed by atoms with van der Waals surface area (Å²) in [5.41, 5.74) is 0. The zero-order chi connectivity index (χ0) is 9.68. The number of hydrogen-bond donors (Lipinski definition) is 0. The molecule has 0 spiro atoms. The van der Waals surface area contributed by atoms with Crippen LogP contribution in [0.4, 0.5) is 0 Å². The summed E-state index contributed by atoms with van der Waals surface area (Å²) in [7, 11) is 0. The Morgan fingerprint density at radius 3 is 2.92 bits per heavy atom. The summed E-state index contributed by atoms with van der Waals surface area (Å²) >= 11 is 1.36. The third-order valence-corrected chi connectivity index (χ3v) is 2.43. The van der Waals surface area contributed by atoms with Gasteiger partial charge in [0.2, 0.25) is 0 Å². The van der Waals surface area contributed by atoms with Gasteiger partial charge in [0.15, 0.2) is 5.78 Å². The second kappa shape index (κ2) is 4.45. The van der Waals surface area contributed by atoms with E-state index in [1.807, 2.05) is 6.07 Å². The van der Waals surface area contributed by atoms with Crippen molar-refractivity contribution in [1.82, 2.24) is 0 Å². The highest BCUT2D eigenvalue weighted by atomic mass is 32.1. The molecule has 0 saturated heterocycles. The number of nitrogens with zero attached hydrogens (tertiary/aromatic N) is 1. The van der Waals surface area contributed by atoms with E-state index in [0.717, 1.165) is 4.88 Å². The minimum Gasteiger partial charge on any atom is -0.294 e. The van der Waals surface area contributed by atoms with Crippen LogP contribution in [-0.2, 0) is 0 Å². The maximum atomic E-state index is 10.9. The van der Waals surface area contributed by atoms with E-state index in [2.05, 4.69) is 11.8 Å². The molecule has 0 unspecified atom stereocenters. The zero-order valence-electron chi connectivity index (χ0n) is 7.13. The fraction of sp³-hybridized carbons (Fsp3) is 0.200. The number of Topliss-reactive ketones (excluding diaryl/α,β-unsaturated/α-hetero) is 1. The molecule has 1 heterocycles. The van der Waals surface area contributed by atoms with Crippen molar-refractivity contribution in [3.05, 3.63) is 21.9 Å². The van der Waals surface area contributed by atoms with Gasteiger partial charge in [-0.15, -0.1) is 11.3 Å². The summed E-state index contributed by atoms with van der Waals surface area (Å²) in [6.45, 7) is 1.53. The summed E-state index contributed by atoms with van der Waals surface area (Å²) in [5, 5.41) is 8.23. The maximum Gasteiger partial charge on any atom is 0.169 e. The molecule has 1 rings (SSSR count). The fourth-order valence-electron chi connectivity index (χ4n) is 0.765. The van der Waals surface area contributed by atoms with Crippen molar-refractivity contribution >= 4 is 17.1 Å². The van der Waals surface area contributed by atoms with Crippen LogP contribution >= 0.6 is 11.3 Å². The molecule has 0 amide bonds. The largest absolute Gasteiger partial charge is 0.294 e. The highest BCUT2D eigenvalue weighted by Crippen LogP contribution is 2.15. The van der Waals surface area contributed by atoms with Crippen LogP contribution < -0.4 is 0 Å². The van der Waals surface area contributed by atoms with Gasteiger partial charge < -0.3 is 0 Å². The molecule has 64 valence electrons. The number of carbonyl (C=O) groups excluding carboxylic acids is 1. The molecule has 0 N–H and O–H groups in total. The summed E-state index contributed by atoms with van der Waals surface area (Å²) in [5.74, 6) is 5.56. The Bertz CT molecular complexity index is 414. The Kier molecular flexibility index (Phi) is 3.25. The minimum absolute atomic E-state index is 0.0540. The third-order valence-electron chi connectivity index (χ3n) is 1.33. The average molecular weight is 189 g/mol. The summed E-state index contributed by atoms with van der Waals surface area (Å²) in [4.78, 5) is 12.4. The first-order valence-corrected chi connectivity index (χ1v) is 4.52. The number of nitriles is 1. The number of ketones is 1. The zero-order valence-corrected chi connectivity index (χ0v) is 7.94. The monoisotopic (exact) mass is 189 g/mol. The molecule has 0 radical (unpaired) electrons. The van der Waals surface area contributed by atoms with Crippen molar-refractivity contribution in [1.29, 1.82) is 5.26 Å². The van der Waals surface area contributed by atoms with Crippen LogP contribution in [0.5, 0.6) is 0 Å². The molecule has 1 aromatic heterocycles. The Morgan fingerprint density at radius 2 is 2.38 bits per heavy atom. The van der Waals surface area contributed by atoms with Crippen molar-refractivity contribution in [2.75, 3.05) is 0 Å². The van der Waals surface area contributed by atoms with Crippen LogP contribution in [0.25, 0.3) is 0 Å². The van der Waals surface area contributed by atoms with E-state index in [9.17, 15) is 4.79 Å². The molecule has 0 atom stereocenters. The molecular formula is C10H7NOS. The lowest BCUT2D eigenvalue weighted by molar-refractivity contribution is 0.102. The van der Waals surface area contributed by atoms with Gasteiger partial charge in [0, 0.05) is 0 Å². The number of rotatable bonds is 1. The van der Waals surface area contributed by atoms with E-state index >= 15 is 0 Å². The molecule has 0 fully saturated rings. The quantitative estimate of drug-likeness (QED) is 0.502. The first kappa shape index (κ1) is 9.51. The lowest BCUT2D eigenvalue weighted by Crippen LogP contribution is -1.83. The molecule has 0 aromatic carbocycles. The van der Waals surface area contributed by atoms with Crippen LogP contribution in [-0.4, -0.2) is 5.78 Å². The van der Waals surface area contributed by atoms with Gasteiger partial charge in [-0.3, -0.25) is 4.79 Å². The summed E-state index contributed by atoms with van der Waals surface area (Å²) in [6, 6.07) is 5.48. The van der Waals surface area contributed by atoms with Gasteiger partial charge in [-0.2, -0.15) is 5.26 Å². The van der Waals surface area contributed by atoms with Crippen LogP contribution in [0, 0.1) is 23.2 Å². The minimum atomic E-state index is 0.0540. The maximum absolute atomic E-state index is 10.9. The molecule has 0 aliphatic carbocycles. The lowest BCUT2D eigenvalue weighted by Gasteiger charge is -1.81. The number of carbonyl (C=O) groups is 1. The lowest BCUT2D eigenvalue weighted by atomic mass is 10.3. The average Bonchev–Trinajstić information content (AvgIpc) is 2.53. The van der Waals surface area contributed by atoms with Crippen LogP contribution in [0.15, 0.2) is 12.1 Å². The van der Waals surface area contributed by atoms with Crippen molar-refractivity contribution in [2.45, 2.75) is 13.3 Å². The summed E-state index contributed by atoms with van der Waals surface area (Å²) in [6.07, 6.45) is 0.229. The van der Waals surface area contributed by atoms with Crippen molar-refractivity contribution < 1.29 is 4.79 Å². The van der Waals surface area contributed by atoms with Gasteiger partial charge >= 0.3 is 0 Å². The highest BCUT2D eigenvalue weighted by Gasteiger charge is 2.01. The van der Waals surface area contributed by atoms with E-state index in [1.165, 1.54) is 18.3 Å². The van der Waals surface area contributed by atoms with Gasteiger partial charge in [0.1, 0.15) is 0 Å². The third kappa shape index (κ3) is 2.74. The normalized spacial score (nSPS) is 8.31. The van der Waals surface area contributed by atoms with Gasteiger partial charge in [-0.05, 0) is 19.1 Å². The molecule has 2 nitrogen and oxygen atoms in total. The van der Waals surface area contributed by atoms with E-state index in [0.29, 0.717) is 4.88 Å². The fourth-order valence-corrected chi connectivity index (χ4v) is 1.54. The molecule has 1 aromatic rings. The van der Waals surface area contributed by atoms with Gasteiger partial charge in [0.25, 0.3) is 0 Å². The Hall–Kier alpha value is -1.58. The smallest absolute Gasteiger partial charge is 0.169 e. The molecule has 0 bridgehead atoms. The SMILES string of the molecule is CC(=O)c1ccc(C#CCC#N)s1. The second-order valence-electron chi connectivity index (χ2n) is 2.36. The Morgan fingerprint density at radius 1 is 1.62 bits per heavy atom. The van der Waals surface area contributed by atoms with Gasteiger partial charge in [-0.1, -0.05) is 11.8 Å². The first-order chi connectivity index (χ1) is 6.24. The van der Waals surface area contributed by atoms with Gasteiger partial charge in [-0.25, -0.2) is 0 Å². The highest BCUT2D eigenvalue weighted by molar-refractivity contribution is 7.14. The van der Waals surface area contributed by atoms with Crippen LogP contribution in [0.2, 0.25) is 0 Å². The molecule has 0 aliphatic heterocycles. The van der Waals surface area contributed by atoms with Crippen molar-refractivity contribution in [2.24, 2.45) is 0 Å². The van der Waals surface area contributed by atoms with Crippen molar-refractivity contribution in [3.63, 3.8) is 0 Å². The Balaban J connectivity index is 2.78. The van der Waals surface area contributed by atoms with Gasteiger partial charge in [0.05, 0.1) is 22.2 Å². The van der Waals surface area contributed by atoms with E-state index in [1.54, 1.807) is 12.1 Å². The van der Waals surface area contributed by atoms with Crippen molar-refractivity contribution in [3.8, 4) is 17.9 Å². The Labute approximate surface area is 80.8 Å². The predicted octanol–water partition coefficient (Wildman–Crippen LogP) is 2.22. The molecule has 13 heavy (non-hydrogen) atoms. The van der Waals surface area contributed by atoms with Crippen LogP contribution in [0.1, 0.15) is 27.9 Å². The van der Waals surface area contributed by atoms with E-state index in [4.69, 9.17) is 5.26 Å². The summed E-state index contributed by atoms with van der Waals surface area (Å²) < 4.78 is 0. The van der Waals surface area contributed by atoms with E-state index < -0.39 is 0 Å². The predicted molar refractivity (Wildman–Crippen MR) is 51.4 cm³/mol. The number of hydrogen-bond acceptors (Lipinski definition) is 3. The van der Waals surface area contributed by atoms with Crippen LogP contribution in [0.3, 0.4) is 0 Å². The molecular weight excluding hydrogens is 182 g/mol. The standard InChI is InChI=1S/C10H7NOS/c1-8(12)10-6-5-9(13-10)4-2-3-7-11/h5-6H,3H2,1H3. The molecule has 3 heteroatoms. The number of thiophene rings is 1.